The quantitative estimate of drug-likeness (QED) is 0.759. The maximum absolute atomic E-state index is 11.9. The number of hydrogen-bond donors (Lipinski definition) is 1. The molecule has 0 bridgehead atoms. The topological polar surface area (TPSA) is 55.1 Å². The Balaban J connectivity index is 1.44. The highest BCUT2D eigenvalue weighted by Gasteiger charge is 2.05. The number of rotatable bonds is 6. The van der Waals surface area contributed by atoms with E-state index in [1.54, 1.807) is 0 Å². The van der Waals surface area contributed by atoms with Crippen LogP contribution in [0.3, 0.4) is 0 Å². The Morgan fingerprint density at radius 2 is 2.04 bits per heavy atom. The van der Waals surface area contributed by atoms with E-state index in [1.165, 1.54) is 17.5 Å². The van der Waals surface area contributed by atoms with Crippen LogP contribution in [-0.2, 0) is 17.6 Å². The van der Waals surface area contributed by atoms with Crippen molar-refractivity contribution >= 4 is 17.0 Å². The molecule has 0 atom stereocenters. The SMILES string of the molecule is Cc1ccccc1CCC(=O)NCCc1ccc2ncoc2c1. The standard InChI is InChI=1S/C19H20N2O2/c1-14-4-2-3-5-16(14)7-9-19(22)20-11-10-15-6-8-17-18(12-15)23-13-21-17/h2-6,8,12-13H,7,9-11H2,1H3,(H,20,22). The molecule has 0 aliphatic carbocycles. The van der Waals surface area contributed by atoms with E-state index in [0.29, 0.717) is 13.0 Å². The van der Waals surface area contributed by atoms with E-state index < -0.39 is 0 Å². The van der Waals surface area contributed by atoms with Crippen LogP contribution in [0.25, 0.3) is 11.1 Å². The zero-order valence-electron chi connectivity index (χ0n) is 13.2. The summed E-state index contributed by atoms with van der Waals surface area (Å²) < 4.78 is 5.29. The van der Waals surface area contributed by atoms with Crippen molar-refractivity contribution in [1.29, 1.82) is 0 Å². The molecule has 1 N–H and O–H groups in total. The maximum atomic E-state index is 11.9. The first-order valence-electron chi connectivity index (χ1n) is 7.86. The van der Waals surface area contributed by atoms with Crippen LogP contribution >= 0.6 is 0 Å². The van der Waals surface area contributed by atoms with Crippen LogP contribution in [0.4, 0.5) is 0 Å². The Hall–Kier alpha value is -2.62. The summed E-state index contributed by atoms with van der Waals surface area (Å²) in [7, 11) is 0. The Kier molecular flexibility index (Phi) is 4.71. The molecule has 1 heterocycles. The van der Waals surface area contributed by atoms with Crippen molar-refractivity contribution in [3.05, 3.63) is 65.5 Å². The minimum atomic E-state index is 0.0917. The first kappa shape index (κ1) is 15.3. The number of fused-ring (bicyclic) bond motifs is 1. The van der Waals surface area contributed by atoms with Gasteiger partial charge in [0, 0.05) is 13.0 Å². The molecule has 0 fully saturated rings. The van der Waals surface area contributed by atoms with E-state index in [2.05, 4.69) is 29.4 Å². The molecule has 4 nitrogen and oxygen atoms in total. The van der Waals surface area contributed by atoms with Gasteiger partial charge in [-0.15, -0.1) is 0 Å². The van der Waals surface area contributed by atoms with Gasteiger partial charge in [0.15, 0.2) is 12.0 Å². The number of nitrogens with one attached hydrogen (secondary N) is 1. The van der Waals surface area contributed by atoms with Gasteiger partial charge in [-0.2, -0.15) is 0 Å². The largest absolute Gasteiger partial charge is 0.443 e. The first-order chi connectivity index (χ1) is 11.2. The molecule has 0 saturated heterocycles. The monoisotopic (exact) mass is 308 g/mol. The molecule has 23 heavy (non-hydrogen) atoms. The van der Waals surface area contributed by atoms with Crippen molar-refractivity contribution in [3.8, 4) is 0 Å². The van der Waals surface area contributed by atoms with Gasteiger partial charge in [-0.05, 0) is 48.6 Å². The second-order valence-corrected chi connectivity index (χ2v) is 5.68. The lowest BCUT2D eigenvalue weighted by molar-refractivity contribution is -0.121. The average Bonchev–Trinajstić information content (AvgIpc) is 3.02. The van der Waals surface area contributed by atoms with E-state index in [9.17, 15) is 4.79 Å². The lowest BCUT2D eigenvalue weighted by Gasteiger charge is -2.07. The van der Waals surface area contributed by atoms with E-state index >= 15 is 0 Å². The molecule has 0 radical (unpaired) electrons. The van der Waals surface area contributed by atoms with Gasteiger partial charge in [-0.25, -0.2) is 4.98 Å². The van der Waals surface area contributed by atoms with E-state index in [0.717, 1.165) is 29.5 Å². The third-order valence-corrected chi connectivity index (χ3v) is 4.01. The Labute approximate surface area is 135 Å². The minimum absolute atomic E-state index is 0.0917. The summed E-state index contributed by atoms with van der Waals surface area (Å²) in [4.78, 5) is 16.0. The van der Waals surface area contributed by atoms with Crippen molar-refractivity contribution in [2.24, 2.45) is 0 Å². The summed E-state index contributed by atoms with van der Waals surface area (Å²) in [5.74, 6) is 0.0917. The highest BCUT2D eigenvalue weighted by Crippen LogP contribution is 2.14. The normalized spacial score (nSPS) is 10.8. The van der Waals surface area contributed by atoms with Crippen molar-refractivity contribution in [2.45, 2.75) is 26.2 Å². The van der Waals surface area contributed by atoms with Crippen molar-refractivity contribution in [3.63, 3.8) is 0 Å². The predicted molar refractivity (Wildman–Crippen MR) is 90.2 cm³/mol. The molecular weight excluding hydrogens is 288 g/mol. The van der Waals surface area contributed by atoms with Gasteiger partial charge >= 0.3 is 0 Å². The second kappa shape index (κ2) is 7.09. The maximum Gasteiger partial charge on any atom is 0.220 e. The molecule has 1 amide bonds. The molecule has 0 spiro atoms. The summed E-state index contributed by atoms with van der Waals surface area (Å²) in [5, 5.41) is 2.98. The molecule has 0 aliphatic rings. The zero-order chi connectivity index (χ0) is 16.1. The number of aromatic nitrogens is 1. The molecule has 0 aliphatic heterocycles. The van der Waals surface area contributed by atoms with Gasteiger partial charge in [-0.3, -0.25) is 4.79 Å². The van der Waals surface area contributed by atoms with E-state index in [-0.39, 0.29) is 5.91 Å². The van der Waals surface area contributed by atoms with Crippen molar-refractivity contribution in [2.75, 3.05) is 6.54 Å². The predicted octanol–water partition coefficient (Wildman–Crippen LogP) is 3.43. The van der Waals surface area contributed by atoms with Crippen LogP contribution < -0.4 is 5.32 Å². The Morgan fingerprint density at radius 3 is 2.91 bits per heavy atom. The number of carbonyl (C=O) groups is 1. The Bertz CT molecular complexity index is 808. The van der Waals surface area contributed by atoms with Gasteiger partial charge < -0.3 is 9.73 Å². The van der Waals surface area contributed by atoms with Gasteiger partial charge in [-0.1, -0.05) is 30.3 Å². The lowest BCUT2D eigenvalue weighted by Crippen LogP contribution is -2.25. The van der Waals surface area contributed by atoms with Crippen LogP contribution in [0.5, 0.6) is 0 Å². The Morgan fingerprint density at radius 1 is 1.17 bits per heavy atom. The van der Waals surface area contributed by atoms with E-state index in [4.69, 9.17) is 4.42 Å². The smallest absolute Gasteiger partial charge is 0.220 e. The number of nitrogens with zero attached hydrogens (tertiary/aromatic N) is 1. The van der Waals surface area contributed by atoms with E-state index in [1.807, 2.05) is 30.3 Å². The fourth-order valence-electron chi connectivity index (χ4n) is 2.63. The third kappa shape index (κ3) is 3.97. The summed E-state index contributed by atoms with van der Waals surface area (Å²) >= 11 is 0. The summed E-state index contributed by atoms with van der Waals surface area (Å²) in [6.45, 7) is 2.71. The molecule has 3 aromatic rings. The number of benzene rings is 2. The van der Waals surface area contributed by atoms with Gasteiger partial charge in [0.2, 0.25) is 5.91 Å². The second-order valence-electron chi connectivity index (χ2n) is 5.68. The first-order valence-corrected chi connectivity index (χ1v) is 7.86. The minimum Gasteiger partial charge on any atom is -0.443 e. The molecule has 4 heteroatoms. The van der Waals surface area contributed by atoms with Crippen LogP contribution in [0.15, 0.2) is 53.3 Å². The van der Waals surface area contributed by atoms with Crippen LogP contribution in [0, 0.1) is 6.92 Å². The van der Waals surface area contributed by atoms with Crippen LogP contribution in [0.2, 0.25) is 0 Å². The fraction of sp³-hybridized carbons (Fsp3) is 0.263. The summed E-state index contributed by atoms with van der Waals surface area (Å²) in [6.07, 6.45) is 3.53. The fourth-order valence-corrected chi connectivity index (χ4v) is 2.63. The summed E-state index contributed by atoms with van der Waals surface area (Å²) in [6, 6.07) is 14.1. The van der Waals surface area contributed by atoms with Crippen molar-refractivity contribution in [1.82, 2.24) is 10.3 Å². The highest BCUT2D eigenvalue weighted by atomic mass is 16.3. The highest BCUT2D eigenvalue weighted by molar-refractivity contribution is 5.76. The molecule has 2 aromatic carbocycles. The molecule has 1 aromatic heterocycles. The molecule has 0 saturated carbocycles. The van der Waals surface area contributed by atoms with Crippen LogP contribution in [-0.4, -0.2) is 17.4 Å². The number of oxazole rings is 1. The third-order valence-electron chi connectivity index (χ3n) is 4.01. The van der Waals surface area contributed by atoms with Gasteiger partial charge in [0.05, 0.1) is 0 Å². The number of aryl methyl sites for hydroxylation is 2. The number of carbonyl (C=O) groups excluding carboxylic acids is 1. The van der Waals surface area contributed by atoms with Gasteiger partial charge in [0.25, 0.3) is 0 Å². The number of hydrogen-bond acceptors (Lipinski definition) is 3. The van der Waals surface area contributed by atoms with Crippen LogP contribution in [0.1, 0.15) is 23.1 Å². The van der Waals surface area contributed by atoms with Gasteiger partial charge in [0.1, 0.15) is 5.52 Å². The summed E-state index contributed by atoms with van der Waals surface area (Å²) in [5.41, 5.74) is 5.25. The molecule has 118 valence electrons. The average molecular weight is 308 g/mol. The molecular formula is C19H20N2O2. The number of amides is 1. The molecule has 0 unspecified atom stereocenters. The molecule has 3 rings (SSSR count). The lowest BCUT2D eigenvalue weighted by atomic mass is 10.0. The zero-order valence-corrected chi connectivity index (χ0v) is 13.2. The van der Waals surface area contributed by atoms with Crippen molar-refractivity contribution < 1.29 is 9.21 Å².